The van der Waals surface area contributed by atoms with Crippen LogP contribution in [0.3, 0.4) is 0 Å². The fourth-order valence-electron chi connectivity index (χ4n) is 3.85. The molecule has 5 nitrogen and oxygen atoms in total. The lowest BCUT2D eigenvalue weighted by Gasteiger charge is -2.06. The number of carbonyl (C=O) groups is 2. The predicted molar refractivity (Wildman–Crippen MR) is 141 cm³/mol. The highest BCUT2D eigenvalue weighted by Gasteiger charge is 2.06. The van der Waals surface area contributed by atoms with E-state index in [-0.39, 0.29) is 12.2 Å². The summed E-state index contributed by atoms with van der Waals surface area (Å²) >= 11 is 0. The predicted octanol–water partition coefficient (Wildman–Crippen LogP) is 7.75. The summed E-state index contributed by atoms with van der Waals surface area (Å²) in [5.41, 5.74) is 4.66. The number of benzene rings is 1. The maximum absolute atomic E-state index is 12.5. The summed E-state index contributed by atoms with van der Waals surface area (Å²) in [6, 6.07) is 7.84. The Morgan fingerprint density at radius 1 is 0.882 bits per heavy atom. The van der Waals surface area contributed by atoms with Gasteiger partial charge in [0.15, 0.2) is 5.78 Å². The monoisotopic (exact) mass is 473 g/mol. The van der Waals surface area contributed by atoms with Gasteiger partial charge in [0.25, 0.3) is 0 Å². The van der Waals surface area contributed by atoms with Crippen LogP contribution in [0.25, 0.3) is 6.08 Å². The molecule has 0 atom stereocenters. The molecule has 5 heteroatoms. The third kappa shape index (κ3) is 17.5. The Kier molecular flexibility index (Phi) is 19.0. The Hall–Kier alpha value is -1.98. The van der Waals surface area contributed by atoms with Gasteiger partial charge in [-0.1, -0.05) is 95.1 Å². The van der Waals surface area contributed by atoms with Gasteiger partial charge in [0.2, 0.25) is 0 Å². The van der Waals surface area contributed by atoms with Gasteiger partial charge in [-0.15, -0.1) is 0 Å². The van der Waals surface area contributed by atoms with Crippen molar-refractivity contribution in [2.24, 2.45) is 0 Å². The van der Waals surface area contributed by atoms with Crippen molar-refractivity contribution in [3.63, 3.8) is 0 Å². The van der Waals surface area contributed by atoms with Crippen LogP contribution in [-0.4, -0.2) is 30.0 Å². The molecule has 0 saturated heterocycles. The van der Waals surface area contributed by atoms with Crippen LogP contribution in [-0.2, 0) is 9.63 Å². The molecule has 0 radical (unpaired) electrons. The number of carbonyl (C=O) groups excluding carboxylic acids is 1. The normalized spacial score (nSPS) is 11.3. The largest absolute Gasteiger partial charge is 0.481 e. The average molecular weight is 474 g/mol. The summed E-state index contributed by atoms with van der Waals surface area (Å²) in [5, 5.41) is 8.58. The van der Waals surface area contributed by atoms with E-state index in [2.05, 4.69) is 24.6 Å². The number of nitrogens with one attached hydrogen (secondary N) is 1. The number of hydrogen-bond acceptors (Lipinski definition) is 4. The lowest BCUT2D eigenvalue weighted by atomic mass is 10.0. The first-order chi connectivity index (χ1) is 16.6. The van der Waals surface area contributed by atoms with Gasteiger partial charge in [-0.05, 0) is 43.7 Å². The van der Waals surface area contributed by atoms with E-state index >= 15 is 0 Å². The van der Waals surface area contributed by atoms with Crippen LogP contribution < -0.4 is 5.48 Å². The fourth-order valence-corrected chi connectivity index (χ4v) is 3.85. The molecule has 0 aliphatic carbocycles. The number of rotatable bonds is 23. The van der Waals surface area contributed by atoms with Crippen LogP contribution in [0.1, 0.15) is 126 Å². The topological polar surface area (TPSA) is 75.6 Å². The molecule has 0 saturated carbocycles. The number of Topliss-reactive ketones (excluding diaryl/α,β-unsaturated/α-hetero) is 1. The Morgan fingerprint density at radius 3 is 2.29 bits per heavy atom. The smallest absolute Gasteiger partial charge is 0.303 e. The van der Waals surface area contributed by atoms with Gasteiger partial charge in [0.1, 0.15) is 0 Å². The van der Waals surface area contributed by atoms with Crippen LogP contribution >= 0.6 is 0 Å². The van der Waals surface area contributed by atoms with Crippen molar-refractivity contribution in [3.05, 3.63) is 41.5 Å². The van der Waals surface area contributed by atoms with Crippen LogP contribution in [0.2, 0.25) is 0 Å². The maximum Gasteiger partial charge on any atom is 0.303 e. The van der Waals surface area contributed by atoms with Gasteiger partial charge < -0.3 is 9.94 Å². The number of carboxylic acid groups (broad SMARTS) is 1. The van der Waals surface area contributed by atoms with E-state index in [0.717, 1.165) is 24.0 Å². The Balaban J connectivity index is 2.09. The standard InChI is InChI=1S/C29H47NO4/c1-2-3-4-5-6-7-8-9-10-11-12-13-18-26-19-16-20-27(25-26)28(31)21-17-24-34-30-23-15-14-22-29(32)33/h13,16,18-20,25,30H,2-12,14-15,17,21-24H2,1H3,(H,32,33). The van der Waals surface area contributed by atoms with Crippen molar-refractivity contribution in [2.45, 2.75) is 110 Å². The molecular weight excluding hydrogens is 426 g/mol. The molecule has 0 amide bonds. The molecule has 0 heterocycles. The van der Waals surface area contributed by atoms with Gasteiger partial charge >= 0.3 is 5.97 Å². The second-order valence-corrected chi connectivity index (χ2v) is 9.12. The van der Waals surface area contributed by atoms with E-state index in [4.69, 9.17) is 9.94 Å². The van der Waals surface area contributed by atoms with E-state index in [1.165, 1.54) is 64.2 Å². The number of hydroxylamine groups is 1. The fraction of sp³-hybridized carbons (Fsp3) is 0.655. The summed E-state index contributed by atoms with van der Waals surface area (Å²) < 4.78 is 0. The first kappa shape index (κ1) is 30.1. The van der Waals surface area contributed by atoms with E-state index in [0.29, 0.717) is 32.4 Å². The van der Waals surface area contributed by atoms with Crippen molar-refractivity contribution in [2.75, 3.05) is 13.2 Å². The second-order valence-electron chi connectivity index (χ2n) is 9.12. The highest BCUT2D eigenvalue weighted by atomic mass is 16.6. The molecule has 0 spiro atoms. The van der Waals surface area contributed by atoms with Gasteiger partial charge in [-0.2, -0.15) is 0 Å². The van der Waals surface area contributed by atoms with Crippen LogP contribution in [0.5, 0.6) is 0 Å². The zero-order valence-corrected chi connectivity index (χ0v) is 21.4. The van der Waals surface area contributed by atoms with E-state index in [1.807, 2.05) is 24.3 Å². The molecule has 1 rings (SSSR count). The van der Waals surface area contributed by atoms with Gasteiger partial charge in [-0.3, -0.25) is 9.59 Å². The summed E-state index contributed by atoms with van der Waals surface area (Å²) in [4.78, 5) is 28.2. The third-order valence-electron chi connectivity index (χ3n) is 5.92. The minimum Gasteiger partial charge on any atom is -0.481 e. The number of ketones is 1. The van der Waals surface area contributed by atoms with Crippen LogP contribution in [0, 0.1) is 0 Å². The van der Waals surface area contributed by atoms with E-state index in [1.54, 1.807) is 0 Å². The van der Waals surface area contributed by atoms with Crippen molar-refractivity contribution in [1.82, 2.24) is 5.48 Å². The van der Waals surface area contributed by atoms with Crippen molar-refractivity contribution >= 4 is 17.8 Å². The quantitative estimate of drug-likeness (QED) is 0.0965. The number of unbranched alkanes of at least 4 members (excludes halogenated alkanes) is 11. The molecular formula is C29H47NO4. The van der Waals surface area contributed by atoms with Crippen molar-refractivity contribution in [3.8, 4) is 0 Å². The molecule has 2 N–H and O–H groups in total. The first-order valence-electron chi connectivity index (χ1n) is 13.5. The second kappa shape index (κ2) is 21.5. The van der Waals surface area contributed by atoms with E-state index in [9.17, 15) is 9.59 Å². The summed E-state index contributed by atoms with van der Waals surface area (Å²) in [7, 11) is 0. The third-order valence-corrected chi connectivity index (χ3v) is 5.92. The maximum atomic E-state index is 12.5. The number of hydrogen-bond donors (Lipinski definition) is 2. The highest BCUT2D eigenvalue weighted by molar-refractivity contribution is 5.96. The molecule has 0 aromatic heterocycles. The molecule has 34 heavy (non-hydrogen) atoms. The van der Waals surface area contributed by atoms with Crippen LogP contribution in [0.15, 0.2) is 30.3 Å². The van der Waals surface area contributed by atoms with Crippen molar-refractivity contribution in [1.29, 1.82) is 0 Å². The minimum atomic E-state index is -0.770. The average Bonchev–Trinajstić information content (AvgIpc) is 2.83. The SMILES string of the molecule is CCCCCCCCCCCCC=Cc1cccc(C(=O)CCCONCCCCC(=O)O)c1. The molecule has 0 bridgehead atoms. The van der Waals surface area contributed by atoms with Crippen molar-refractivity contribution < 1.29 is 19.5 Å². The Morgan fingerprint density at radius 2 is 1.59 bits per heavy atom. The minimum absolute atomic E-state index is 0.134. The summed E-state index contributed by atoms with van der Waals surface area (Å²) in [6.45, 7) is 3.35. The Labute approximate surface area is 207 Å². The van der Waals surface area contributed by atoms with E-state index < -0.39 is 5.97 Å². The molecule has 0 aliphatic heterocycles. The molecule has 1 aromatic rings. The summed E-state index contributed by atoms with van der Waals surface area (Å²) in [5.74, 6) is -0.636. The zero-order chi connectivity index (χ0) is 24.7. The summed E-state index contributed by atoms with van der Waals surface area (Å²) in [6.07, 6.45) is 21.7. The zero-order valence-electron chi connectivity index (χ0n) is 21.4. The number of aliphatic carboxylic acids is 1. The highest BCUT2D eigenvalue weighted by Crippen LogP contribution is 2.13. The molecule has 1 aromatic carbocycles. The molecule has 0 unspecified atom stereocenters. The van der Waals surface area contributed by atoms with Gasteiger partial charge in [0, 0.05) is 24.9 Å². The number of allylic oxidation sites excluding steroid dienone is 1. The molecule has 192 valence electrons. The first-order valence-corrected chi connectivity index (χ1v) is 13.5. The lowest BCUT2D eigenvalue weighted by molar-refractivity contribution is -0.137. The molecule has 0 aliphatic rings. The number of carboxylic acids is 1. The van der Waals surface area contributed by atoms with Crippen LogP contribution in [0.4, 0.5) is 0 Å². The van der Waals surface area contributed by atoms with Gasteiger partial charge in [0.05, 0.1) is 6.61 Å². The van der Waals surface area contributed by atoms with Gasteiger partial charge in [-0.25, -0.2) is 5.48 Å². The molecule has 0 fully saturated rings. The lowest BCUT2D eigenvalue weighted by Crippen LogP contribution is -2.17. The Bertz CT molecular complexity index is 686.